The maximum Gasteiger partial charge on any atom is 0.172 e. The molecule has 0 aliphatic carbocycles. The molecule has 4 aromatic rings. The number of hydrogen-bond acceptors (Lipinski definition) is 4. The van der Waals surface area contributed by atoms with Crippen LogP contribution in [0.1, 0.15) is 18.2 Å². The second-order valence-corrected chi connectivity index (χ2v) is 6.51. The molecule has 0 bridgehead atoms. The summed E-state index contributed by atoms with van der Waals surface area (Å²) < 4.78 is 5.82. The molecular formula is C25H22N4O. The lowest BCUT2D eigenvalue weighted by Crippen LogP contribution is -2.20. The minimum Gasteiger partial charge on any atom is -0.493 e. The Kier molecular flexibility index (Phi) is 6.11. The second-order valence-electron chi connectivity index (χ2n) is 6.51. The monoisotopic (exact) mass is 394 g/mol. The van der Waals surface area contributed by atoms with Gasteiger partial charge in [0.05, 0.1) is 18.5 Å². The van der Waals surface area contributed by atoms with Crippen molar-refractivity contribution < 1.29 is 4.74 Å². The largest absolute Gasteiger partial charge is 0.493 e. The van der Waals surface area contributed by atoms with E-state index in [1.165, 1.54) is 0 Å². The average Bonchev–Trinajstić information content (AvgIpc) is 2.81. The van der Waals surface area contributed by atoms with Crippen molar-refractivity contribution in [1.29, 1.82) is 0 Å². The fourth-order valence-electron chi connectivity index (χ4n) is 3.12. The number of hydrazone groups is 1. The Bertz CT molecular complexity index is 1170. The summed E-state index contributed by atoms with van der Waals surface area (Å²) in [6.45, 7) is 2.56. The average molecular weight is 394 g/mol. The van der Waals surface area contributed by atoms with Gasteiger partial charge in [0.15, 0.2) is 5.84 Å². The van der Waals surface area contributed by atoms with E-state index >= 15 is 0 Å². The number of aromatic nitrogens is 1. The summed E-state index contributed by atoms with van der Waals surface area (Å²) in [6, 6.07) is 27.6. The van der Waals surface area contributed by atoms with Crippen LogP contribution in [0.2, 0.25) is 0 Å². The molecule has 0 unspecified atom stereocenters. The molecule has 1 aromatic heterocycles. The Balaban J connectivity index is 1.69. The van der Waals surface area contributed by atoms with Gasteiger partial charge in [-0.25, -0.2) is 4.99 Å². The van der Waals surface area contributed by atoms with Gasteiger partial charge in [-0.3, -0.25) is 10.4 Å². The number of nitrogens with zero attached hydrogens (tertiary/aromatic N) is 3. The van der Waals surface area contributed by atoms with Gasteiger partial charge in [0.25, 0.3) is 0 Å². The molecule has 0 saturated heterocycles. The summed E-state index contributed by atoms with van der Waals surface area (Å²) >= 11 is 0. The second kappa shape index (κ2) is 9.47. The van der Waals surface area contributed by atoms with Crippen LogP contribution in [0.25, 0.3) is 10.8 Å². The molecule has 0 radical (unpaired) electrons. The van der Waals surface area contributed by atoms with Crippen molar-refractivity contribution in [3.05, 3.63) is 102 Å². The topological polar surface area (TPSA) is 58.9 Å². The summed E-state index contributed by atoms with van der Waals surface area (Å²) in [6.07, 6.45) is 3.51. The first-order valence-corrected chi connectivity index (χ1v) is 9.84. The Morgan fingerprint density at radius 3 is 2.53 bits per heavy atom. The van der Waals surface area contributed by atoms with Crippen LogP contribution in [0.15, 0.2) is 101 Å². The standard InChI is InChI=1S/C25H22N4O/c1-2-30-24-16-15-19-10-6-7-13-21(19)22(24)18-27-29-25(23-14-8-9-17-26-23)28-20-11-4-3-5-12-20/h3-18H,2H2,1H3,(H,28,29)/b27-18+. The predicted octanol–water partition coefficient (Wildman–Crippen LogP) is 5.34. The van der Waals surface area contributed by atoms with Gasteiger partial charge in [-0.1, -0.05) is 54.6 Å². The number of nitrogens with one attached hydrogen (secondary N) is 1. The Labute approximate surface area is 175 Å². The van der Waals surface area contributed by atoms with Crippen LogP contribution in [0.4, 0.5) is 5.69 Å². The minimum absolute atomic E-state index is 0.566. The van der Waals surface area contributed by atoms with Crippen molar-refractivity contribution in [1.82, 2.24) is 10.4 Å². The minimum atomic E-state index is 0.566. The molecule has 1 N–H and O–H groups in total. The van der Waals surface area contributed by atoms with E-state index in [1.54, 1.807) is 12.4 Å². The molecule has 1 heterocycles. The quantitative estimate of drug-likeness (QED) is 0.273. The smallest absolute Gasteiger partial charge is 0.172 e. The number of para-hydroxylation sites is 1. The van der Waals surface area contributed by atoms with Gasteiger partial charge in [-0.2, -0.15) is 5.10 Å². The Hall–Kier alpha value is -3.99. The van der Waals surface area contributed by atoms with Gasteiger partial charge in [0.2, 0.25) is 0 Å². The zero-order valence-corrected chi connectivity index (χ0v) is 16.7. The zero-order valence-electron chi connectivity index (χ0n) is 16.7. The molecule has 4 rings (SSSR count). The van der Waals surface area contributed by atoms with Crippen LogP contribution in [0.5, 0.6) is 5.75 Å². The third-order valence-electron chi connectivity index (χ3n) is 4.50. The SMILES string of the molecule is CCOc1ccc2ccccc2c1/C=N/NC(=Nc1ccccc1)c1ccccn1. The van der Waals surface area contributed by atoms with Crippen LogP contribution < -0.4 is 10.2 Å². The van der Waals surface area contributed by atoms with E-state index in [0.717, 1.165) is 27.8 Å². The number of pyridine rings is 1. The van der Waals surface area contributed by atoms with Crippen LogP contribution in [-0.2, 0) is 0 Å². The summed E-state index contributed by atoms with van der Waals surface area (Å²) in [5.74, 6) is 1.36. The van der Waals surface area contributed by atoms with E-state index in [9.17, 15) is 0 Å². The number of amidine groups is 1. The number of benzene rings is 3. The molecule has 5 nitrogen and oxygen atoms in total. The fraction of sp³-hybridized carbons (Fsp3) is 0.0800. The molecule has 0 spiro atoms. The van der Waals surface area contributed by atoms with E-state index < -0.39 is 0 Å². The molecule has 0 saturated carbocycles. The van der Waals surface area contributed by atoms with E-state index in [-0.39, 0.29) is 0 Å². The van der Waals surface area contributed by atoms with Crippen molar-refractivity contribution in [3.8, 4) is 5.75 Å². The van der Waals surface area contributed by atoms with E-state index in [4.69, 9.17) is 4.74 Å². The summed E-state index contributed by atoms with van der Waals surface area (Å²) in [5, 5.41) is 6.69. The number of fused-ring (bicyclic) bond motifs is 1. The molecule has 148 valence electrons. The third kappa shape index (κ3) is 4.52. The first-order valence-electron chi connectivity index (χ1n) is 9.84. The first kappa shape index (κ1) is 19.3. The highest BCUT2D eigenvalue weighted by atomic mass is 16.5. The van der Waals surface area contributed by atoms with E-state index in [1.807, 2.05) is 73.7 Å². The summed E-state index contributed by atoms with van der Waals surface area (Å²) in [5.41, 5.74) is 5.52. The number of rotatable bonds is 6. The lowest BCUT2D eigenvalue weighted by atomic mass is 10.0. The molecule has 3 aromatic carbocycles. The van der Waals surface area contributed by atoms with Gasteiger partial charge < -0.3 is 4.74 Å². The van der Waals surface area contributed by atoms with Crippen LogP contribution >= 0.6 is 0 Å². The molecule has 0 aliphatic heterocycles. The predicted molar refractivity (Wildman–Crippen MR) is 123 cm³/mol. The Morgan fingerprint density at radius 2 is 1.73 bits per heavy atom. The highest BCUT2D eigenvalue weighted by Gasteiger charge is 2.08. The van der Waals surface area contributed by atoms with E-state index in [2.05, 4.69) is 38.7 Å². The van der Waals surface area contributed by atoms with Gasteiger partial charge in [0.1, 0.15) is 11.4 Å². The van der Waals surface area contributed by atoms with E-state index in [0.29, 0.717) is 18.1 Å². The van der Waals surface area contributed by atoms with Gasteiger partial charge >= 0.3 is 0 Å². The summed E-state index contributed by atoms with van der Waals surface area (Å²) in [4.78, 5) is 9.09. The zero-order chi connectivity index (χ0) is 20.6. The maximum absolute atomic E-state index is 5.82. The number of hydrogen-bond donors (Lipinski definition) is 1. The van der Waals surface area contributed by atoms with Crippen molar-refractivity contribution in [2.45, 2.75) is 6.92 Å². The molecule has 0 aliphatic rings. The van der Waals surface area contributed by atoms with Crippen LogP contribution in [0, 0.1) is 0 Å². The number of ether oxygens (including phenoxy) is 1. The molecule has 5 heteroatoms. The maximum atomic E-state index is 5.82. The van der Waals surface area contributed by atoms with Crippen molar-refractivity contribution >= 4 is 28.5 Å². The van der Waals surface area contributed by atoms with Gasteiger partial charge in [-0.05, 0) is 48.0 Å². The molecular weight excluding hydrogens is 372 g/mol. The highest BCUT2D eigenvalue weighted by molar-refractivity contribution is 6.03. The third-order valence-corrected chi connectivity index (χ3v) is 4.50. The number of aliphatic imine (C=N–C) groups is 1. The lowest BCUT2D eigenvalue weighted by Gasteiger charge is -2.10. The van der Waals surface area contributed by atoms with Crippen molar-refractivity contribution in [2.75, 3.05) is 6.61 Å². The highest BCUT2D eigenvalue weighted by Crippen LogP contribution is 2.26. The molecule has 0 atom stereocenters. The van der Waals surface area contributed by atoms with Crippen LogP contribution in [-0.4, -0.2) is 23.6 Å². The molecule has 30 heavy (non-hydrogen) atoms. The normalized spacial score (nSPS) is 11.7. The fourth-order valence-corrected chi connectivity index (χ4v) is 3.12. The van der Waals surface area contributed by atoms with Crippen LogP contribution in [0.3, 0.4) is 0 Å². The first-order chi connectivity index (χ1) is 14.8. The van der Waals surface area contributed by atoms with Crippen molar-refractivity contribution in [2.24, 2.45) is 10.1 Å². The van der Waals surface area contributed by atoms with Crippen molar-refractivity contribution in [3.63, 3.8) is 0 Å². The summed E-state index contributed by atoms with van der Waals surface area (Å²) in [7, 11) is 0. The Morgan fingerprint density at radius 1 is 0.933 bits per heavy atom. The molecule has 0 amide bonds. The van der Waals surface area contributed by atoms with Gasteiger partial charge in [0, 0.05) is 11.8 Å². The van der Waals surface area contributed by atoms with Gasteiger partial charge in [-0.15, -0.1) is 0 Å². The lowest BCUT2D eigenvalue weighted by molar-refractivity contribution is 0.340. The molecule has 0 fully saturated rings.